The molecule has 0 heterocycles. The zero-order valence-electron chi connectivity index (χ0n) is 12.2. The van der Waals surface area contributed by atoms with Crippen molar-refractivity contribution >= 4 is 11.9 Å². The average molecular weight is 277 g/mol. The molecule has 0 aromatic heterocycles. The lowest BCUT2D eigenvalue weighted by atomic mass is 10.1. The number of hydrogen-bond donors (Lipinski definition) is 2. The van der Waals surface area contributed by atoms with Crippen LogP contribution in [0.3, 0.4) is 0 Å². The van der Waals surface area contributed by atoms with Crippen molar-refractivity contribution in [2.24, 2.45) is 0 Å². The van der Waals surface area contributed by atoms with Crippen LogP contribution >= 0.6 is 0 Å². The molecule has 4 nitrogen and oxygen atoms in total. The fourth-order valence-corrected chi connectivity index (χ4v) is 2.06. The Hall–Kier alpha value is -1.84. The van der Waals surface area contributed by atoms with Gasteiger partial charge in [0.2, 0.25) is 5.91 Å². The molecule has 1 aromatic rings. The van der Waals surface area contributed by atoms with Crippen molar-refractivity contribution in [1.29, 1.82) is 0 Å². The zero-order valence-corrected chi connectivity index (χ0v) is 12.2. The van der Waals surface area contributed by atoms with Crippen LogP contribution in [0.5, 0.6) is 0 Å². The number of benzene rings is 1. The summed E-state index contributed by atoms with van der Waals surface area (Å²) in [5.74, 6) is -1.16. The summed E-state index contributed by atoms with van der Waals surface area (Å²) in [7, 11) is 0. The molecular formula is C16H23NO3. The van der Waals surface area contributed by atoms with Gasteiger partial charge in [0.25, 0.3) is 0 Å². The molecule has 0 saturated carbocycles. The number of aryl methyl sites for hydroxylation is 2. The fourth-order valence-electron chi connectivity index (χ4n) is 2.06. The zero-order chi connectivity index (χ0) is 15.0. The molecule has 1 rings (SSSR count). The second-order valence-electron chi connectivity index (χ2n) is 5.09. The molecule has 0 bridgehead atoms. The Morgan fingerprint density at radius 3 is 2.70 bits per heavy atom. The summed E-state index contributed by atoms with van der Waals surface area (Å²) in [4.78, 5) is 22.8. The third-order valence-corrected chi connectivity index (χ3v) is 3.20. The van der Waals surface area contributed by atoms with E-state index >= 15 is 0 Å². The summed E-state index contributed by atoms with van der Waals surface area (Å²) in [6, 6.07) is 7.23. The standard InChI is InChI=1S/C16H23NO3/c1-3-4-8-14(16(19)20)17-15(18)10-9-13-7-5-6-12(2)11-13/h5-7,11,14H,3-4,8-10H2,1-2H3,(H,17,18)(H,19,20)/t14-/m0/s1. The monoisotopic (exact) mass is 277 g/mol. The Bertz CT molecular complexity index is 457. The van der Waals surface area contributed by atoms with E-state index in [9.17, 15) is 9.59 Å². The summed E-state index contributed by atoms with van der Waals surface area (Å²) in [5, 5.41) is 11.7. The molecule has 1 aromatic carbocycles. The van der Waals surface area contributed by atoms with Crippen LogP contribution in [0.25, 0.3) is 0 Å². The number of carbonyl (C=O) groups is 2. The van der Waals surface area contributed by atoms with Crippen molar-refractivity contribution in [1.82, 2.24) is 5.32 Å². The highest BCUT2D eigenvalue weighted by molar-refractivity contribution is 5.83. The van der Waals surface area contributed by atoms with E-state index in [1.165, 1.54) is 0 Å². The molecule has 1 amide bonds. The summed E-state index contributed by atoms with van der Waals surface area (Å²) in [5.41, 5.74) is 2.26. The highest BCUT2D eigenvalue weighted by Crippen LogP contribution is 2.07. The van der Waals surface area contributed by atoms with Gasteiger partial charge in [-0.1, -0.05) is 49.6 Å². The molecule has 2 N–H and O–H groups in total. The maximum absolute atomic E-state index is 11.8. The van der Waals surface area contributed by atoms with Crippen molar-refractivity contribution in [3.63, 3.8) is 0 Å². The first-order valence-electron chi connectivity index (χ1n) is 7.10. The van der Waals surface area contributed by atoms with Crippen molar-refractivity contribution in [2.75, 3.05) is 0 Å². The van der Waals surface area contributed by atoms with Crippen LogP contribution in [-0.2, 0) is 16.0 Å². The van der Waals surface area contributed by atoms with Gasteiger partial charge < -0.3 is 10.4 Å². The van der Waals surface area contributed by atoms with Gasteiger partial charge in [0.05, 0.1) is 0 Å². The summed E-state index contributed by atoms with van der Waals surface area (Å²) in [6.07, 6.45) is 3.16. The van der Waals surface area contributed by atoms with E-state index < -0.39 is 12.0 Å². The molecule has 0 fully saturated rings. The molecule has 0 radical (unpaired) electrons. The number of aliphatic carboxylic acids is 1. The van der Waals surface area contributed by atoms with Gasteiger partial charge in [-0.05, 0) is 25.3 Å². The first kappa shape index (κ1) is 16.2. The minimum Gasteiger partial charge on any atom is -0.480 e. The van der Waals surface area contributed by atoms with Gasteiger partial charge in [-0.3, -0.25) is 4.79 Å². The number of hydrogen-bond acceptors (Lipinski definition) is 2. The third-order valence-electron chi connectivity index (χ3n) is 3.20. The quantitative estimate of drug-likeness (QED) is 0.767. The lowest BCUT2D eigenvalue weighted by Gasteiger charge is -2.14. The van der Waals surface area contributed by atoms with E-state index in [-0.39, 0.29) is 5.91 Å². The van der Waals surface area contributed by atoms with E-state index in [1.807, 2.05) is 38.1 Å². The predicted octanol–water partition coefficient (Wildman–Crippen LogP) is 2.69. The Morgan fingerprint density at radius 2 is 2.10 bits per heavy atom. The van der Waals surface area contributed by atoms with Gasteiger partial charge in [-0.15, -0.1) is 0 Å². The first-order chi connectivity index (χ1) is 9.52. The van der Waals surface area contributed by atoms with Gasteiger partial charge >= 0.3 is 5.97 Å². The third kappa shape index (κ3) is 5.87. The molecule has 0 aliphatic heterocycles. The minimum atomic E-state index is -0.956. The minimum absolute atomic E-state index is 0.199. The molecule has 0 spiro atoms. The lowest BCUT2D eigenvalue weighted by molar-refractivity contribution is -0.142. The fraction of sp³-hybridized carbons (Fsp3) is 0.500. The highest BCUT2D eigenvalue weighted by atomic mass is 16.4. The first-order valence-corrected chi connectivity index (χ1v) is 7.10. The second kappa shape index (κ2) is 8.35. The van der Waals surface area contributed by atoms with Crippen molar-refractivity contribution in [2.45, 2.75) is 52.0 Å². The Kier molecular flexibility index (Phi) is 6.77. The molecule has 0 unspecified atom stereocenters. The van der Waals surface area contributed by atoms with Crippen LogP contribution < -0.4 is 5.32 Å². The van der Waals surface area contributed by atoms with E-state index in [2.05, 4.69) is 5.32 Å². The van der Waals surface area contributed by atoms with Gasteiger partial charge in [-0.2, -0.15) is 0 Å². The number of carbonyl (C=O) groups excluding carboxylic acids is 1. The average Bonchev–Trinajstić information content (AvgIpc) is 2.41. The number of amides is 1. The van der Waals surface area contributed by atoms with Crippen LogP contribution in [0.4, 0.5) is 0 Å². The SMILES string of the molecule is CCCC[C@H](NC(=O)CCc1cccc(C)c1)C(=O)O. The molecule has 20 heavy (non-hydrogen) atoms. The van der Waals surface area contributed by atoms with Crippen molar-refractivity contribution in [3.05, 3.63) is 35.4 Å². The molecule has 0 saturated heterocycles. The van der Waals surface area contributed by atoms with Crippen LogP contribution in [-0.4, -0.2) is 23.0 Å². The van der Waals surface area contributed by atoms with Crippen molar-refractivity contribution < 1.29 is 14.7 Å². The summed E-state index contributed by atoms with van der Waals surface area (Å²) in [6.45, 7) is 4.01. The van der Waals surface area contributed by atoms with E-state index in [1.54, 1.807) is 0 Å². The van der Waals surface area contributed by atoms with E-state index in [0.29, 0.717) is 19.3 Å². The van der Waals surface area contributed by atoms with Crippen LogP contribution in [0.1, 0.15) is 43.7 Å². The molecule has 110 valence electrons. The predicted molar refractivity (Wildman–Crippen MR) is 78.6 cm³/mol. The largest absolute Gasteiger partial charge is 0.480 e. The number of unbranched alkanes of at least 4 members (excludes halogenated alkanes) is 1. The van der Waals surface area contributed by atoms with Gasteiger partial charge in [-0.25, -0.2) is 4.79 Å². The number of carboxylic acid groups (broad SMARTS) is 1. The summed E-state index contributed by atoms with van der Waals surface area (Å²) >= 11 is 0. The molecule has 0 aliphatic carbocycles. The number of carboxylic acids is 1. The Balaban J connectivity index is 2.43. The van der Waals surface area contributed by atoms with Gasteiger partial charge in [0.1, 0.15) is 6.04 Å². The Labute approximate surface area is 120 Å². The normalized spacial score (nSPS) is 11.9. The summed E-state index contributed by atoms with van der Waals surface area (Å²) < 4.78 is 0. The lowest BCUT2D eigenvalue weighted by Crippen LogP contribution is -2.40. The number of nitrogens with one attached hydrogen (secondary N) is 1. The Morgan fingerprint density at radius 1 is 1.35 bits per heavy atom. The van der Waals surface area contributed by atoms with E-state index in [0.717, 1.165) is 24.0 Å². The van der Waals surface area contributed by atoms with E-state index in [4.69, 9.17) is 5.11 Å². The molecular weight excluding hydrogens is 254 g/mol. The molecule has 0 aliphatic rings. The van der Waals surface area contributed by atoms with Crippen LogP contribution in [0.15, 0.2) is 24.3 Å². The van der Waals surface area contributed by atoms with Crippen LogP contribution in [0, 0.1) is 6.92 Å². The topological polar surface area (TPSA) is 66.4 Å². The second-order valence-corrected chi connectivity index (χ2v) is 5.09. The maximum atomic E-state index is 11.8. The van der Waals surface area contributed by atoms with Crippen LogP contribution in [0.2, 0.25) is 0 Å². The smallest absolute Gasteiger partial charge is 0.326 e. The molecule has 1 atom stereocenters. The number of rotatable bonds is 8. The van der Waals surface area contributed by atoms with Crippen molar-refractivity contribution in [3.8, 4) is 0 Å². The van der Waals surface area contributed by atoms with Gasteiger partial charge in [0.15, 0.2) is 0 Å². The molecule has 4 heteroatoms. The van der Waals surface area contributed by atoms with Gasteiger partial charge in [0, 0.05) is 6.42 Å². The highest BCUT2D eigenvalue weighted by Gasteiger charge is 2.18. The maximum Gasteiger partial charge on any atom is 0.326 e.